The monoisotopic (exact) mass is 541 g/mol. The number of ether oxygens (including phenoxy) is 3. The Hall–Kier alpha value is -4.00. The van der Waals surface area contributed by atoms with Gasteiger partial charge in [-0.15, -0.1) is 0 Å². The van der Waals surface area contributed by atoms with Gasteiger partial charge in [0.15, 0.2) is 0 Å². The van der Waals surface area contributed by atoms with E-state index in [9.17, 15) is 0 Å². The first-order valence-electron chi connectivity index (χ1n) is 14.1. The molecule has 6 nitrogen and oxygen atoms in total. The molecule has 0 spiro atoms. The summed E-state index contributed by atoms with van der Waals surface area (Å²) in [5.41, 5.74) is 3.00. The van der Waals surface area contributed by atoms with Gasteiger partial charge in [-0.05, 0) is 123 Å². The van der Waals surface area contributed by atoms with Crippen LogP contribution in [0.3, 0.4) is 0 Å². The van der Waals surface area contributed by atoms with Crippen molar-refractivity contribution in [3.05, 3.63) is 103 Å². The average molecular weight is 542 g/mol. The molecule has 0 heterocycles. The zero-order valence-corrected chi connectivity index (χ0v) is 23.0. The van der Waals surface area contributed by atoms with Gasteiger partial charge in [0.1, 0.15) is 23.0 Å². The highest BCUT2D eigenvalue weighted by atomic mass is 16.5. The summed E-state index contributed by atoms with van der Waals surface area (Å²) in [6, 6.07) is 34.0. The van der Waals surface area contributed by atoms with Crippen molar-refractivity contribution < 1.29 is 24.4 Å². The van der Waals surface area contributed by atoms with Gasteiger partial charge in [-0.1, -0.05) is 18.2 Å². The number of hydrogen-bond acceptors (Lipinski definition) is 6. The fourth-order valence-electron chi connectivity index (χ4n) is 4.28. The van der Waals surface area contributed by atoms with Crippen molar-refractivity contribution >= 4 is 17.1 Å². The fraction of sp³-hybridized carbons (Fsp3) is 0.294. The van der Waals surface area contributed by atoms with Crippen LogP contribution in [0.1, 0.15) is 38.5 Å². The van der Waals surface area contributed by atoms with E-state index in [4.69, 9.17) is 24.4 Å². The molecule has 0 atom stereocenters. The average Bonchev–Trinajstić information content (AvgIpc) is 3.00. The van der Waals surface area contributed by atoms with Crippen molar-refractivity contribution in [1.82, 2.24) is 0 Å². The summed E-state index contributed by atoms with van der Waals surface area (Å²) >= 11 is 0. The molecule has 40 heavy (non-hydrogen) atoms. The second-order valence-electron chi connectivity index (χ2n) is 9.50. The minimum absolute atomic E-state index is 0.224. The summed E-state index contributed by atoms with van der Waals surface area (Å²) in [6.07, 6.45) is 5.35. The number of aliphatic hydroxyl groups is 2. The van der Waals surface area contributed by atoms with Crippen LogP contribution in [0.15, 0.2) is 103 Å². The molecule has 4 aromatic rings. The number of unbranched alkanes of at least 4 members (excludes halogenated alkanes) is 4. The number of para-hydroxylation sites is 1. The van der Waals surface area contributed by atoms with Crippen LogP contribution in [-0.2, 0) is 0 Å². The van der Waals surface area contributed by atoms with E-state index in [1.807, 2.05) is 66.7 Å². The zero-order valence-electron chi connectivity index (χ0n) is 23.0. The maximum Gasteiger partial charge on any atom is 0.127 e. The van der Waals surface area contributed by atoms with Gasteiger partial charge in [-0.3, -0.25) is 0 Å². The molecule has 0 saturated heterocycles. The van der Waals surface area contributed by atoms with Gasteiger partial charge in [-0.25, -0.2) is 0 Å². The van der Waals surface area contributed by atoms with Crippen LogP contribution in [-0.4, -0.2) is 36.6 Å². The lowest BCUT2D eigenvalue weighted by Gasteiger charge is -2.26. The summed E-state index contributed by atoms with van der Waals surface area (Å²) in [6.45, 7) is 1.71. The van der Waals surface area contributed by atoms with E-state index in [1.54, 1.807) is 0 Å². The van der Waals surface area contributed by atoms with Crippen LogP contribution >= 0.6 is 0 Å². The highest BCUT2D eigenvalue weighted by Crippen LogP contribution is 2.37. The number of aliphatic hydroxyl groups excluding tert-OH is 2. The van der Waals surface area contributed by atoms with Crippen molar-refractivity contribution in [3.63, 3.8) is 0 Å². The minimum atomic E-state index is 0.224. The topological polar surface area (TPSA) is 71.4 Å². The zero-order chi connectivity index (χ0) is 27.8. The summed E-state index contributed by atoms with van der Waals surface area (Å²) in [7, 11) is 0. The molecule has 0 fully saturated rings. The number of rotatable bonds is 17. The molecular weight excluding hydrogens is 502 g/mol. The number of benzene rings is 4. The van der Waals surface area contributed by atoms with Crippen molar-refractivity contribution in [2.45, 2.75) is 38.5 Å². The van der Waals surface area contributed by atoms with Gasteiger partial charge in [0, 0.05) is 30.3 Å². The molecule has 0 unspecified atom stereocenters. The number of anilines is 3. The van der Waals surface area contributed by atoms with Gasteiger partial charge in [-0.2, -0.15) is 0 Å². The Morgan fingerprint density at radius 3 is 1.25 bits per heavy atom. The maximum absolute atomic E-state index is 8.95. The first kappa shape index (κ1) is 29.0. The molecule has 0 aliphatic rings. The highest BCUT2D eigenvalue weighted by molar-refractivity contribution is 5.77. The Kier molecular flexibility index (Phi) is 11.7. The van der Waals surface area contributed by atoms with Gasteiger partial charge < -0.3 is 29.3 Å². The third-order valence-corrected chi connectivity index (χ3v) is 6.41. The van der Waals surface area contributed by atoms with Gasteiger partial charge in [0.05, 0.1) is 13.2 Å². The molecule has 0 amide bonds. The van der Waals surface area contributed by atoms with Crippen molar-refractivity contribution in [2.75, 3.05) is 31.3 Å². The van der Waals surface area contributed by atoms with E-state index in [2.05, 4.69) is 41.3 Å². The Morgan fingerprint density at radius 2 is 0.825 bits per heavy atom. The van der Waals surface area contributed by atoms with E-state index in [0.717, 1.165) is 78.6 Å². The first-order valence-corrected chi connectivity index (χ1v) is 14.1. The molecule has 0 aromatic heterocycles. The van der Waals surface area contributed by atoms with E-state index < -0.39 is 0 Å². The normalized spacial score (nSPS) is 10.8. The van der Waals surface area contributed by atoms with Crippen LogP contribution in [0.5, 0.6) is 23.0 Å². The Labute approximate surface area is 237 Å². The highest BCUT2D eigenvalue weighted by Gasteiger charge is 2.13. The summed E-state index contributed by atoms with van der Waals surface area (Å²) in [5.74, 6) is 3.21. The van der Waals surface area contributed by atoms with Crippen LogP contribution in [0, 0.1) is 0 Å². The lowest BCUT2D eigenvalue weighted by Crippen LogP contribution is -2.10. The number of hydrogen-bond donors (Lipinski definition) is 2. The predicted molar refractivity (Wildman–Crippen MR) is 161 cm³/mol. The van der Waals surface area contributed by atoms with Crippen LogP contribution in [0.2, 0.25) is 0 Å². The molecule has 6 heteroatoms. The SMILES string of the molecule is OCCCCCOc1ccc(N(c2ccc(OCCCCCO)cc2)c2ccc(Oc3ccccc3)cc2)cc1. The Morgan fingerprint density at radius 1 is 0.425 bits per heavy atom. The summed E-state index contributed by atoms with van der Waals surface area (Å²) in [4.78, 5) is 2.18. The molecule has 4 aromatic carbocycles. The molecule has 0 aliphatic carbocycles. The largest absolute Gasteiger partial charge is 0.494 e. The molecule has 0 saturated carbocycles. The van der Waals surface area contributed by atoms with Crippen molar-refractivity contribution in [3.8, 4) is 23.0 Å². The van der Waals surface area contributed by atoms with Gasteiger partial charge >= 0.3 is 0 Å². The molecule has 0 radical (unpaired) electrons. The number of nitrogens with zero attached hydrogens (tertiary/aromatic N) is 1. The molecule has 0 bridgehead atoms. The van der Waals surface area contributed by atoms with Gasteiger partial charge in [0.25, 0.3) is 0 Å². The third-order valence-electron chi connectivity index (χ3n) is 6.41. The Bertz CT molecular complexity index is 1170. The summed E-state index contributed by atoms with van der Waals surface area (Å²) < 4.78 is 17.8. The van der Waals surface area contributed by atoms with E-state index in [1.165, 1.54) is 0 Å². The van der Waals surface area contributed by atoms with Crippen LogP contribution in [0.25, 0.3) is 0 Å². The molecule has 210 valence electrons. The second kappa shape index (κ2) is 16.2. The fourth-order valence-corrected chi connectivity index (χ4v) is 4.28. The lowest BCUT2D eigenvalue weighted by molar-refractivity contribution is 0.265. The molecule has 2 N–H and O–H groups in total. The molecular formula is C34H39NO5. The summed E-state index contributed by atoms with van der Waals surface area (Å²) in [5, 5.41) is 17.9. The third kappa shape index (κ3) is 9.04. The first-order chi connectivity index (χ1) is 19.8. The molecule has 4 rings (SSSR count). The molecule has 0 aliphatic heterocycles. The van der Waals surface area contributed by atoms with Gasteiger partial charge in [0.2, 0.25) is 0 Å². The van der Waals surface area contributed by atoms with E-state index in [0.29, 0.717) is 13.2 Å². The predicted octanol–water partition coefficient (Wildman–Crippen LogP) is 8.03. The quantitative estimate of drug-likeness (QED) is 0.132. The lowest BCUT2D eigenvalue weighted by atomic mass is 10.1. The Balaban J connectivity index is 1.50. The second-order valence-corrected chi connectivity index (χ2v) is 9.50. The smallest absolute Gasteiger partial charge is 0.127 e. The van der Waals surface area contributed by atoms with Crippen LogP contribution in [0.4, 0.5) is 17.1 Å². The van der Waals surface area contributed by atoms with E-state index >= 15 is 0 Å². The van der Waals surface area contributed by atoms with Crippen molar-refractivity contribution in [2.24, 2.45) is 0 Å². The maximum atomic E-state index is 8.95. The van der Waals surface area contributed by atoms with Crippen molar-refractivity contribution in [1.29, 1.82) is 0 Å². The standard InChI is InChI=1S/C34H39NO5/c36-24-6-2-8-26-38-31-18-12-28(13-19-31)35(29-14-20-32(21-15-29)39-27-9-3-7-25-37)30-16-22-34(23-17-30)40-33-10-4-1-5-11-33/h1,4-5,10-23,36-37H,2-3,6-9,24-27H2. The minimum Gasteiger partial charge on any atom is -0.494 e. The van der Waals surface area contributed by atoms with Crippen LogP contribution < -0.4 is 19.1 Å². The van der Waals surface area contributed by atoms with E-state index in [-0.39, 0.29) is 13.2 Å².